The summed E-state index contributed by atoms with van der Waals surface area (Å²) in [5.41, 5.74) is 0.323. The summed E-state index contributed by atoms with van der Waals surface area (Å²) in [6.07, 6.45) is 3.80. The number of aromatic nitrogens is 2. The number of nitrogens with one attached hydrogen (secondary N) is 1. The number of nitrogens with zero attached hydrogens (tertiary/aromatic N) is 3. The van der Waals surface area contributed by atoms with E-state index >= 15 is 0 Å². The Balaban J connectivity index is 1.83. The topological polar surface area (TPSA) is 103 Å². The number of rotatable bonds is 5. The van der Waals surface area contributed by atoms with E-state index < -0.39 is 4.92 Å². The largest absolute Gasteiger partial charge is 0.457 e. The Morgan fingerprint density at radius 1 is 1.63 bits per heavy atom. The highest BCUT2D eigenvalue weighted by Crippen LogP contribution is 2.13. The lowest BCUT2D eigenvalue weighted by Gasteiger charge is -2.02. The summed E-state index contributed by atoms with van der Waals surface area (Å²) in [6.45, 7) is 0.652. The third kappa shape index (κ3) is 3.41. The molecule has 0 saturated carbocycles. The van der Waals surface area contributed by atoms with Crippen molar-refractivity contribution in [3.05, 3.63) is 45.1 Å². The highest BCUT2D eigenvalue weighted by atomic mass is 79.9. The van der Waals surface area contributed by atoms with Gasteiger partial charge in [-0.05, 0) is 15.9 Å². The quantitative estimate of drug-likeness (QED) is 0.662. The van der Waals surface area contributed by atoms with E-state index in [2.05, 4.69) is 26.3 Å². The smallest absolute Gasteiger partial charge is 0.306 e. The molecular formula is C10H9BrN4O4. The van der Waals surface area contributed by atoms with Gasteiger partial charge in [0.15, 0.2) is 4.67 Å². The van der Waals surface area contributed by atoms with Crippen LogP contribution in [0, 0.1) is 10.1 Å². The molecule has 100 valence electrons. The number of halogens is 1. The molecule has 2 aromatic rings. The van der Waals surface area contributed by atoms with Gasteiger partial charge in [0.25, 0.3) is 5.91 Å². The van der Waals surface area contributed by atoms with Crippen LogP contribution in [0.3, 0.4) is 0 Å². The minimum absolute atomic E-state index is 0.0786. The summed E-state index contributed by atoms with van der Waals surface area (Å²) in [6, 6.07) is 1.55. The van der Waals surface area contributed by atoms with E-state index in [1.807, 2.05) is 0 Å². The van der Waals surface area contributed by atoms with E-state index in [9.17, 15) is 14.9 Å². The van der Waals surface area contributed by atoms with Crippen LogP contribution in [-0.2, 0) is 6.54 Å². The number of amides is 1. The Morgan fingerprint density at radius 2 is 2.42 bits per heavy atom. The second-order valence-corrected chi connectivity index (χ2v) is 4.40. The maximum absolute atomic E-state index is 11.6. The number of hydrogen-bond donors (Lipinski definition) is 1. The molecule has 1 N–H and O–H groups in total. The van der Waals surface area contributed by atoms with Crippen molar-refractivity contribution in [3.63, 3.8) is 0 Å². The van der Waals surface area contributed by atoms with Crippen LogP contribution in [0.4, 0.5) is 5.69 Å². The maximum Gasteiger partial charge on any atom is 0.306 e. The molecule has 0 fully saturated rings. The summed E-state index contributed by atoms with van der Waals surface area (Å²) >= 11 is 3.10. The van der Waals surface area contributed by atoms with Crippen LogP contribution in [0.5, 0.6) is 0 Å². The zero-order valence-corrected chi connectivity index (χ0v) is 11.2. The molecule has 2 rings (SSSR count). The molecule has 0 radical (unpaired) electrons. The summed E-state index contributed by atoms with van der Waals surface area (Å²) in [5, 5.41) is 16.9. The van der Waals surface area contributed by atoms with Crippen molar-refractivity contribution < 1.29 is 14.1 Å². The Kier molecular flexibility index (Phi) is 3.95. The molecule has 2 aromatic heterocycles. The van der Waals surface area contributed by atoms with Gasteiger partial charge >= 0.3 is 5.69 Å². The van der Waals surface area contributed by atoms with Crippen molar-refractivity contribution >= 4 is 27.5 Å². The lowest BCUT2D eigenvalue weighted by molar-refractivity contribution is -0.385. The van der Waals surface area contributed by atoms with Gasteiger partial charge in [-0.3, -0.25) is 19.6 Å². The summed E-state index contributed by atoms with van der Waals surface area (Å²) in [7, 11) is 0. The fourth-order valence-corrected chi connectivity index (χ4v) is 1.72. The Bertz CT molecular complexity index is 606. The van der Waals surface area contributed by atoms with Gasteiger partial charge in [-0.25, -0.2) is 0 Å². The highest BCUT2D eigenvalue weighted by Gasteiger charge is 2.10. The van der Waals surface area contributed by atoms with E-state index in [0.717, 1.165) is 6.20 Å². The van der Waals surface area contributed by atoms with Crippen molar-refractivity contribution in [2.24, 2.45) is 0 Å². The summed E-state index contributed by atoms with van der Waals surface area (Å²) in [5.74, 6) is -0.281. The van der Waals surface area contributed by atoms with Gasteiger partial charge < -0.3 is 9.73 Å². The second-order valence-electron chi connectivity index (χ2n) is 3.61. The van der Waals surface area contributed by atoms with Crippen molar-refractivity contribution in [2.45, 2.75) is 6.54 Å². The summed E-state index contributed by atoms with van der Waals surface area (Å²) in [4.78, 5) is 21.6. The molecule has 0 aliphatic carbocycles. The van der Waals surface area contributed by atoms with Crippen LogP contribution in [0.2, 0.25) is 0 Å². The molecule has 0 atom stereocenters. The zero-order chi connectivity index (χ0) is 13.8. The number of carbonyl (C=O) groups excluding carboxylic acids is 1. The zero-order valence-electron chi connectivity index (χ0n) is 9.58. The van der Waals surface area contributed by atoms with Crippen molar-refractivity contribution in [2.75, 3.05) is 6.54 Å². The van der Waals surface area contributed by atoms with Crippen LogP contribution in [0.15, 0.2) is 33.8 Å². The average Bonchev–Trinajstić information content (AvgIpc) is 2.98. The van der Waals surface area contributed by atoms with Crippen LogP contribution in [0.1, 0.15) is 10.4 Å². The third-order valence-electron chi connectivity index (χ3n) is 2.29. The first-order valence-corrected chi connectivity index (χ1v) is 6.04. The predicted octanol–water partition coefficient (Wildman–Crippen LogP) is 1.58. The predicted molar refractivity (Wildman–Crippen MR) is 67.6 cm³/mol. The first-order valence-electron chi connectivity index (χ1n) is 5.25. The van der Waals surface area contributed by atoms with Crippen molar-refractivity contribution in [1.82, 2.24) is 15.1 Å². The molecule has 0 aliphatic heterocycles. The fourth-order valence-electron chi connectivity index (χ4n) is 1.38. The van der Waals surface area contributed by atoms with E-state index in [-0.39, 0.29) is 11.6 Å². The van der Waals surface area contributed by atoms with Gasteiger partial charge in [-0.2, -0.15) is 5.10 Å². The number of nitro groups is 1. The van der Waals surface area contributed by atoms with Gasteiger partial charge in [0.1, 0.15) is 18.7 Å². The molecule has 0 aliphatic rings. The van der Waals surface area contributed by atoms with E-state index in [1.165, 1.54) is 17.1 Å². The van der Waals surface area contributed by atoms with E-state index in [1.54, 1.807) is 6.07 Å². The first kappa shape index (κ1) is 13.3. The van der Waals surface area contributed by atoms with Gasteiger partial charge in [0.2, 0.25) is 0 Å². The van der Waals surface area contributed by atoms with Gasteiger partial charge in [0.05, 0.1) is 17.0 Å². The third-order valence-corrected chi connectivity index (χ3v) is 2.70. The number of carbonyl (C=O) groups is 1. The molecule has 19 heavy (non-hydrogen) atoms. The van der Waals surface area contributed by atoms with Crippen LogP contribution in [-0.4, -0.2) is 27.2 Å². The van der Waals surface area contributed by atoms with Gasteiger partial charge in [-0.15, -0.1) is 0 Å². The normalized spacial score (nSPS) is 10.4. The highest BCUT2D eigenvalue weighted by molar-refractivity contribution is 9.10. The van der Waals surface area contributed by atoms with Crippen LogP contribution in [0.25, 0.3) is 0 Å². The van der Waals surface area contributed by atoms with Gasteiger partial charge in [-0.1, -0.05) is 0 Å². The monoisotopic (exact) mass is 328 g/mol. The fraction of sp³-hybridized carbons (Fsp3) is 0.200. The molecule has 9 heteroatoms. The van der Waals surface area contributed by atoms with Gasteiger partial charge in [0, 0.05) is 12.6 Å². The average molecular weight is 329 g/mol. The molecular weight excluding hydrogens is 320 g/mol. The molecule has 1 amide bonds. The Morgan fingerprint density at radius 3 is 3.00 bits per heavy atom. The molecule has 0 unspecified atom stereocenters. The standard InChI is InChI=1S/C10H9BrN4O4/c11-9-3-7(6-19-9)10(16)12-1-2-14-5-8(4-13-14)15(17)18/h3-6H,1-2H2,(H,12,16). The SMILES string of the molecule is O=C(NCCn1cc([N+](=O)[O-])cn1)c1coc(Br)c1. The van der Waals surface area contributed by atoms with E-state index in [0.29, 0.717) is 23.3 Å². The van der Waals surface area contributed by atoms with Crippen LogP contribution >= 0.6 is 15.9 Å². The van der Waals surface area contributed by atoms with E-state index in [4.69, 9.17) is 4.42 Å². The Hall–Kier alpha value is -2.16. The minimum Gasteiger partial charge on any atom is -0.457 e. The number of furan rings is 1. The Labute approximate surface area is 115 Å². The van der Waals surface area contributed by atoms with Crippen molar-refractivity contribution in [3.8, 4) is 0 Å². The molecule has 8 nitrogen and oxygen atoms in total. The second kappa shape index (κ2) is 5.65. The molecule has 0 spiro atoms. The number of hydrogen-bond acceptors (Lipinski definition) is 5. The summed E-state index contributed by atoms with van der Waals surface area (Å²) < 4.78 is 6.81. The van der Waals surface area contributed by atoms with Crippen molar-refractivity contribution in [1.29, 1.82) is 0 Å². The maximum atomic E-state index is 11.6. The van der Waals surface area contributed by atoms with Crippen LogP contribution < -0.4 is 5.32 Å². The first-order chi connectivity index (χ1) is 9.06. The minimum atomic E-state index is -0.523. The molecule has 2 heterocycles. The molecule has 0 bridgehead atoms. The lowest BCUT2D eigenvalue weighted by Crippen LogP contribution is -2.26. The lowest BCUT2D eigenvalue weighted by atomic mass is 10.3. The molecule has 0 saturated heterocycles. The molecule has 0 aromatic carbocycles.